The van der Waals surface area contributed by atoms with Gasteiger partial charge in [0, 0.05) is 54.7 Å². The van der Waals surface area contributed by atoms with Crippen molar-refractivity contribution in [2.24, 2.45) is 0 Å². The van der Waals surface area contributed by atoms with Gasteiger partial charge in [0.15, 0.2) is 0 Å². The highest BCUT2D eigenvalue weighted by Gasteiger charge is 2.45. The van der Waals surface area contributed by atoms with Gasteiger partial charge in [-0.15, -0.1) is 0 Å². The minimum atomic E-state index is -1.16. The number of hydrogen-bond acceptors (Lipinski definition) is 9. The van der Waals surface area contributed by atoms with Gasteiger partial charge in [0.2, 0.25) is 5.79 Å². The van der Waals surface area contributed by atoms with Crippen LogP contribution in [0.4, 0.5) is 11.4 Å². The first-order valence-corrected chi connectivity index (χ1v) is 16.7. The highest BCUT2D eigenvalue weighted by molar-refractivity contribution is 6.35. The van der Waals surface area contributed by atoms with Crippen molar-refractivity contribution in [3.05, 3.63) is 112 Å². The van der Waals surface area contributed by atoms with Crippen molar-refractivity contribution in [1.82, 2.24) is 29.1 Å². The Morgan fingerprint density at radius 2 is 1.58 bits per heavy atom. The van der Waals surface area contributed by atoms with Crippen LogP contribution in [0.3, 0.4) is 0 Å². The lowest BCUT2D eigenvalue weighted by Crippen LogP contribution is -2.46. The number of aromatic nitrogens is 6. The maximum Gasteiger partial charge on any atom is 0.350 e. The molecule has 0 saturated carbocycles. The lowest BCUT2D eigenvalue weighted by atomic mass is 10.1. The number of aryl methyl sites for hydroxylation is 1. The Morgan fingerprint density at radius 3 is 2.23 bits per heavy atom. The van der Waals surface area contributed by atoms with E-state index in [9.17, 15) is 4.79 Å². The molecule has 12 nitrogen and oxygen atoms in total. The van der Waals surface area contributed by atoms with E-state index in [1.165, 1.54) is 11.0 Å². The van der Waals surface area contributed by atoms with Crippen LogP contribution in [0.5, 0.6) is 5.75 Å². The van der Waals surface area contributed by atoms with E-state index in [2.05, 4.69) is 49.2 Å². The zero-order chi connectivity index (χ0) is 33.1. The molecule has 7 rings (SSSR count). The summed E-state index contributed by atoms with van der Waals surface area (Å²) in [7, 11) is 0. The van der Waals surface area contributed by atoms with Crippen molar-refractivity contribution in [2.75, 3.05) is 49.2 Å². The molecule has 0 N–H and O–H groups in total. The van der Waals surface area contributed by atoms with E-state index in [1.54, 1.807) is 34.0 Å². The second-order valence-electron chi connectivity index (χ2n) is 11.8. The average molecular weight is 692 g/mol. The Labute approximate surface area is 288 Å². The van der Waals surface area contributed by atoms with E-state index in [0.717, 1.165) is 55.4 Å². The predicted octanol–water partition coefficient (Wildman–Crippen LogP) is 5.02. The van der Waals surface area contributed by atoms with E-state index in [0.29, 0.717) is 35.4 Å². The molecule has 0 aliphatic carbocycles. The largest absolute Gasteiger partial charge is 0.491 e. The minimum absolute atomic E-state index is 0.114. The van der Waals surface area contributed by atoms with Crippen molar-refractivity contribution < 1.29 is 14.2 Å². The van der Waals surface area contributed by atoms with Gasteiger partial charge in [-0.1, -0.05) is 36.2 Å². The number of piperazine rings is 1. The first-order chi connectivity index (χ1) is 23.4. The van der Waals surface area contributed by atoms with Crippen LogP contribution in [-0.2, 0) is 28.4 Å². The Hall–Kier alpha value is -4.36. The third-order valence-electron chi connectivity index (χ3n) is 8.62. The molecule has 0 amide bonds. The fraction of sp³-hybridized carbons (Fsp3) is 0.353. The molecule has 0 radical (unpaired) electrons. The molecule has 250 valence electrons. The van der Waals surface area contributed by atoms with Gasteiger partial charge >= 0.3 is 5.69 Å². The monoisotopic (exact) mass is 690 g/mol. The first kappa shape index (κ1) is 32.2. The molecule has 2 unspecified atom stereocenters. The maximum absolute atomic E-state index is 12.6. The molecule has 2 fully saturated rings. The van der Waals surface area contributed by atoms with Crippen molar-refractivity contribution in [3.8, 4) is 11.4 Å². The topological polar surface area (TPSA) is 105 Å². The number of halogens is 2. The zero-order valence-corrected chi connectivity index (χ0v) is 28.0. The summed E-state index contributed by atoms with van der Waals surface area (Å²) in [5, 5.41) is 9.42. The molecule has 2 aliphatic rings. The lowest BCUT2D eigenvalue weighted by molar-refractivity contribution is -0.190. The van der Waals surface area contributed by atoms with Crippen molar-refractivity contribution in [1.29, 1.82) is 0 Å². The number of anilines is 2. The van der Waals surface area contributed by atoms with Gasteiger partial charge in [-0.2, -0.15) is 10.2 Å². The van der Waals surface area contributed by atoms with Crippen molar-refractivity contribution >= 4 is 34.6 Å². The number of benzene rings is 3. The number of rotatable bonds is 11. The summed E-state index contributed by atoms with van der Waals surface area (Å²) in [5.41, 5.74) is 3.65. The van der Waals surface area contributed by atoms with Gasteiger partial charge in [0.1, 0.15) is 44.0 Å². The van der Waals surface area contributed by atoms with Crippen molar-refractivity contribution in [3.63, 3.8) is 0 Å². The van der Waals surface area contributed by atoms with E-state index >= 15 is 0 Å². The molecule has 3 aromatic carbocycles. The van der Waals surface area contributed by atoms with Crippen LogP contribution >= 0.6 is 23.2 Å². The second-order valence-corrected chi connectivity index (χ2v) is 12.7. The summed E-state index contributed by atoms with van der Waals surface area (Å²) >= 11 is 12.7. The van der Waals surface area contributed by atoms with Crippen LogP contribution < -0.4 is 20.2 Å². The number of nitrogens with zero attached hydrogens (tertiary/aromatic N) is 8. The molecule has 2 atom stereocenters. The summed E-state index contributed by atoms with van der Waals surface area (Å²) in [6.07, 6.45) is 5.19. The third-order valence-corrected chi connectivity index (χ3v) is 9.16. The fourth-order valence-corrected chi connectivity index (χ4v) is 6.70. The smallest absolute Gasteiger partial charge is 0.350 e. The van der Waals surface area contributed by atoms with Gasteiger partial charge in [-0.05, 0) is 67.1 Å². The lowest BCUT2D eigenvalue weighted by Gasteiger charge is -2.37. The van der Waals surface area contributed by atoms with E-state index in [-0.39, 0.29) is 18.3 Å². The Balaban J connectivity index is 0.925. The molecular weight excluding hydrogens is 655 g/mol. The van der Waals surface area contributed by atoms with Crippen LogP contribution in [-0.4, -0.2) is 74.6 Å². The van der Waals surface area contributed by atoms with Crippen LogP contribution in [0, 0.1) is 0 Å². The molecule has 5 aromatic rings. The maximum atomic E-state index is 12.6. The third kappa shape index (κ3) is 6.79. The predicted molar refractivity (Wildman–Crippen MR) is 183 cm³/mol. The van der Waals surface area contributed by atoms with Crippen molar-refractivity contribution in [2.45, 2.75) is 38.3 Å². The highest BCUT2D eigenvalue weighted by atomic mass is 35.5. The summed E-state index contributed by atoms with van der Waals surface area (Å²) in [6, 6.07) is 21.5. The highest BCUT2D eigenvalue weighted by Crippen LogP contribution is 2.40. The average Bonchev–Trinajstić information content (AvgIpc) is 3.86. The molecular formula is C34H36Cl2N8O4. The van der Waals surface area contributed by atoms with E-state index in [4.69, 9.17) is 37.4 Å². The standard InChI is InChI=1S/C34H36Cl2N8O4/c1-2-13-44-33(45)43(24-39-44)28-6-4-26(5-7-28)40-14-16-41(17-15-40)27-8-10-29(11-9-27)46-19-30-20-47-34(48-30,21-42-23-37-22-38-42)31-12-3-25(35)18-32(31)36/h3-12,18,22-24,30H,2,13-17,19-21H2,1H3. The molecule has 0 spiro atoms. The minimum Gasteiger partial charge on any atom is -0.491 e. The molecule has 4 heterocycles. The van der Waals surface area contributed by atoms with Gasteiger partial charge in [-0.3, -0.25) is 0 Å². The number of ether oxygens (including phenoxy) is 3. The van der Waals surface area contributed by atoms with Gasteiger partial charge in [-0.25, -0.2) is 23.7 Å². The van der Waals surface area contributed by atoms with Crippen LogP contribution in [0.15, 0.2) is 90.5 Å². The summed E-state index contributed by atoms with van der Waals surface area (Å²) in [6.45, 7) is 7.09. The Morgan fingerprint density at radius 1 is 0.896 bits per heavy atom. The Kier molecular flexibility index (Phi) is 9.40. The van der Waals surface area contributed by atoms with Crippen LogP contribution in [0.1, 0.15) is 18.9 Å². The SMILES string of the molecule is CCCn1ncn(-c2ccc(N3CCN(c4ccc(OCC5COC(Cn6cncn6)(c6ccc(Cl)cc6Cl)O5)cc4)CC3)cc2)c1=O. The zero-order valence-electron chi connectivity index (χ0n) is 26.5. The van der Waals surface area contributed by atoms with Gasteiger partial charge in [0.05, 0.1) is 17.3 Å². The summed E-state index contributed by atoms with van der Waals surface area (Å²) in [4.78, 5) is 21.4. The quantitative estimate of drug-likeness (QED) is 0.189. The van der Waals surface area contributed by atoms with E-state index < -0.39 is 5.79 Å². The molecule has 14 heteroatoms. The molecule has 2 aromatic heterocycles. The second kappa shape index (κ2) is 14.0. The normalized spacial score (nSPS) is 19.6. The molecule has 0 bridgehead atoms. The summed E-state index contributed by atoms with van der Waals surface area (Å²) < 4.78 is 23.6. The number of hydrogen-bond donors (Lipinski definition) is 0. The molecule has 2 saturated heterocycles. The molecule has 2 aliphatic heterocycles. The molecule has 48 heavy (non-hydrogen) atoms. The van der Waals surface area contributed by atoms with Gasteiger partial charge in [0.25, 0.3) is 0 Å². The fourth-order valence-electron chi connectivity index (χ4n) is 6.15. The Bertz CT molecular complexity index is 1870. The first-order valence-electron chi connectivity index (χ1n) is 16.0. The van der Waals surface area contributed by atoms with Crippen LogP contribution in [0.25, 0.3) is 5.69 Å². The van der Waals surface area contributed by atoms with Gasteiger partial charge < -0.3 is 24.0 Å². The van der Waals surface area contributed by atoms with Crippen LogP contribution in [0.2, 0.25) is 10.0 Å². The van der Waals surface area contributed by atoms with E-state index in [1.807, 2.05) is 37.3 Å². The summed E-state index contributed by atoms with van der Waals surface area (Å²) in [5.74, 6) is -0.409.